The number of carboxylic acids is 2. The lowest BCUT2D eigenvalue weighted by Crippen LogP contribution is -2.49. The Morgan fingerprint density at radius 3 is 2.38 bits per heavy atom. The number of hydrogen-bond donors (Lipinski definition) is 3. The van der Waals surface area contributed by atoms with Gasteiger partial charge in [-0.05, 0) is 18.8 Å². The average Bonchev–Trinajstić information content (AvgIpc) is 2.66. The normalized spacial score (nSPS) is 47.0. The summed E-state index contributed by atoms with van der Waals surface area (Å²) in [6.07, 6.45) is 1.03. The predicted octanol–water partition coefficient (Wildman–Crippen LogP) is -0.491. The van der Waals surface area contributed by atoms with Crippen molar-refractivity contribution in [2.75, 3.05) is 0 Å². The van der Waals surface area contributed by atoms with Gasteiger partial charge >= 0.3 is 11.9 Å². The van der Waals surface area contributed by atoms with Gasteiger partial charge in [0.1, 0.15) is 5.54 Å². The molecule has 0 aromatic rings. The molecule has 2 fully saturated rings. The molecule has 0 amide bonds. The van der Waals surface area contributed by atoms with Crippen LogP contribution in [-0.2, 0) is 9.59 Å². The Hall–Kier alpha value is -1.10. The smallest absolute Gasteiger partial charge is 0.324 e. The van der Waals surface area contributed by atoms with E-state index in [1.165, 1.54) is 0 Å². The van der Waals surface area contributed by atoms with Crippen LogP contribution in [0.4, 0.5) is 0 Å². The Bertz CT molecular complexity index is 290. The third-order valence-corrected chi connectivity index (χ3v) is 3.34. The molecule has 2 unspecified atom stereocenters. The van der Waals surface area contributed by atoms with Gasteiger partial charge in [0.25, 0.3) is 0 Å². The van der Waals surface area contributed by atoms with Crippen LogP contribution in [0.15, 0.2) is 0 Å². The van der Waals surface area contributed by atoms with Gasteiger partial charge in [-0.3, -0.25) is 9.59 Å². The molecular weight excluding hydrogens is 174 g/mol. The number of hydrogen-bond acceptors (Lipinski definition) is 3. The van der Waals surface area contributed by atoms with E-state index in [1.807, 2.05) is 0 Å². The molecule has 0 bridgehead atoms. The first-order valence-corrected chi connectivity index (χ1v) is 4.23. The molecule has 2 aliphatic rings. The molecular formula is C8H11NO4. The lowest BCUT2D eigenvalue weighted by Gasteiger charge is -2.20. The second kappa shape index (κ2) is 2.23. The van der Waals surface area contributed by atoms with Crippen molar-refractivity contribution in [3.63, 3.8) is 0 Å². The van der Waals surface area contributed by atoms with Gasteiger partial charge in [0.2, 0.25) is 0 Å². The van der Waals surface area contributed by atoms with Crippen molar-refractivity contribution in [1.82, 2.24) is 0 Å². The molecule has 0 spiro atoms. The number of rotatable bonds is 2. The monoisotopic (exact) mass is 185 g/mol. The fourth-order valence-corrected chi connectivity index (χ4v) is 2.59. The quantitative estimate of drug-likeness (QED) is 0.539. The van der Waals surface area contributed by atoms with Crippen molar-refractivity contribution in [3.8, 4) is 0 Å². The summed E-state index contributed by atoms with van der Waals surface area (Å²) in [5, 5.41) is 17.6. The molecule has 4 atom stereocenters. The van der Waals surface area contributed by atoms with E-state index in [9.17, 15) is 9.59 Å². The number of nitrogens with two attached hydrogens (primary N) is 1. The van der Waals surface area contributed by atoms with E-state index in [1.54, 1.807) is 0 Å². The largest absolute Gasteiger partial charge is 0.481 e. The molecule has 2 saturated carbocycles. The molecule has 2 aliphatic carbocycles. The van der Waals surface area contributed by atoms with Crippen molar-refractivity contribution in [2.24, 2.45) is 23.5 Å². The maximum Gasteiger partial charge on any atom is 0.324 e. The zero-order chi connectivity index (χ0) is 9.80. The second-order valence-corrected chi connectivity index (χ2v) is 3.94. The van der Waals surface area contributed by atoms with Crippen molar-refractivity contribution in [1.29, 1.82) is 0 Å². The van der Waals surface area contributed by atoms with E-state index in [2.05, 4.69) is 0 Å². The lowest BCUT2D eigenvalue weighted by atomic mass is 9.92. The third kappa shape index (κ3) is 0.904. The van der Waals surface area contributed by atoms with Gasteiger partial charge in [-0.2, -0.15) is 0 Å². The van der Waals surface area contributed by atoms with Gasteiger partial charge in [-0.1, -0.05) is 0 Å². The minimum Gasteiger partial charge on any atom is -0.481 e. The van der Waals surface area contributed by atoms with Gasteiger partial charge in [-0.15, -0.1) is 0 Å². The molecule has 0 saturated heterocycles. The highest BCUT2D eigenvalue weighted by atomic mass is 16.4. The molecule has 0 aliphatic heterocycles. The highest BCUT2D eigenvalue weighted by Crippen LogP contribution is 2.61. The summed E-state index contributed by atoms with van der Waals surface area (Å²) in [5.41, 5.74) is 4.37. The van der Waals surface area contributed by atoms with Crippen LogP contribution in [0.5, 0.6) is 0 Å². The van der Waals surface area contributed by atoms with Crippen molar-refractivity contribution in [3.05, 3.63) is 0 Å². The van der Waals surface area contributed by atoms with E-state index in [0.29, 0.717) is 12.8 Å². The van der Waals surface area contributed by atoms with Crippen LogP contribution in [-0.4, -0.2) is 27.7 Å². The summed E-state index contributed by atoms with van der Waals surface area (Å²) in [4.78, 5) is 21.4. The third-order valence-electron chi connectivity index (χ3n) is 3.34. The first-order chi connectivity index (χ1) is 5.98. The van der Waals surface area contributed by atoms with Gasteiger partial charge in [0.15, 0.2) is 0 Å². The lowest BCUT2D eigenvalue weighted by molar-refractivity contribution is -0.145. The van der Waals surface area contributed by atoms with E-state index in [-0.39, 0.29) is 11.8 Å². The van der Waals surface area contributed by atoms with Gasteiger partial charge in [0.05, 0.1) is 5.92 Å². The number of aliphatic carboxylic acids is 2. The Morgan fingerprint density at radius 2 is 2.00 bits per heavy atom. The van der Waals surface area contributed by atoms with Gasteiger partial charge < -0.3 is 15.9 Å². The van der Waals surface area contributed by atoms with Crippen LogP contribution in [0, 0.1) is 17.8 Å². The van der Waals surface area contributed by atoms with Crippen LogP contribution >= 0.6 is 0 Å². The molecule has 13 heavy (non-hydrogen) atoms. The van der Waals surface area contributed by atoms with E-state index in [4.69, 9.17) is 15.9 Å². The van der Waals surface area contributed by atoms with Crippen LogP contribution in [0.1, 0.15) is 12.8 Å². The highest BCUT2D eigenvalue weighted by Gasteiger charge is 2.69. The molecule has 5 nitrogen and oxygen atoms in total. The molecule has 0 heterocycles. The minimum atomic E-state index is -1.28. The zero-order valence-electron chi connectivity index (χ0n) is 6.93. The van der Waals surface area contributed by atoms with Crippen LogP contribution in [0.2, 0.25) is 0 Å². The Morgan fingerprint density at radius 1 is 1.38 bits per heavy atom. The Labute approximate surface area is 74.5 Å². The van der Waals surface area contributed by atoms with E-state index >= 15 is 0 Å². The minimum absolute atomic E-state index is 0.00130. The van der Waals surface area contributed by atoms with Crippen LogP contribution in [0.25, 0.3) is 0 Å². The number of carbonyl (C=O) groups is 2. The molecule has 0 aromatic carbocycles. The molecule has 72 valence electrons. The summed E-state index contributed by atoms with van der Waals surface area (Å²) >= 11 is 0. The van der Waals surface area contributed by atoms with E-state index in [0.717, 1.165) is 0 Å². The molecule has 5 heteroatoms. The predicted molar refractivity (Wildman–Crippen MR) is 41.9 cm³/mol. The maximum atomic E-state index is 10.8. The fourth-order valence-electron chi connectivity index (χ4n) is 2.59. The Balaban J connectivity index is 2.20. The summed E-state index contributed by atoms with van der Waals surface area (Å²) in [6.45, 7) is 0. The number of carboxylic acid groups (broad SMARTS) is 2. The van der Waals surface area contributed by atoms with E-state index < -0.39 is 23.4 Å². The fraction of sp³-hybridized carbons (Fsp3) is 0.750. The highest BCUT2D eigenvalue weighted by molar-refractivity contribution is 5.85. The van der Waals surface area contributed by atoms with Crippen molar-refractivity contribution in [2.45, 2.75) is 18.4 Å². The molecule has 0 radical (unpaired) electrons. The van der Waals surface area contributed by atoms with Crippen LogP contribution < -0.4 is 5.73 Å². The van der Waals surface area contributed by atoms with Crippen LogP contribution in [0.3, 0.4) is 0 Å². The first kappa shape index (κ1) is 8.50. The van der Waals surface area contributed by atoms with Crippen molar-refractivity contribution < 1.29 is 19.8 Å². The summed E-state index contributed by atoms with van der Waals surface area (Å²) in [7, 11) is 0. The second-order valence-electron chi connectivity index (χ2n) is 3.94. The molecule has 4 N–H and O–H groups in total. The topological polar surface area (TPSA) is 101 Å². The Kier molecular flexibility index (Phi) is 1.46. The summed E-state index contributed by atoms with van der Waals surface area (Å²) < 4.78 is 0. The number of fused-ring (bicyclic) bond motifs is 1. The summed E-state index contributed by atoms with van der Waals surface area (Å²) in [5.74, 6) is -2.84. The molecule has 2 rings (SSSR count). The average molecular weight is 185 g/mol. The SMILES string of the molecule is N[C@@]1(C(=O)O)CCC2C(C(=O)O)[C@H]21. The first-order valence-electron chi connectivity index (χ1n) is 4.23. The maximum absolute atomic E-state index is 10.8. The zero-order valence-corrected chi connectivity index (χ0v) is 6.93. The molecule has 0 aromatic heterocycles. The van der Waals surface area contributed by atoms with Crippen molar-refractivity contribution >= 4 is 11.9 Å². The van der Waals surface area contributed by atoms with Gasteiger partial charge in [-0.25, -0.2) is 0 Å². The standard InChI is InChI=1S/C8H11NO4/c9-8(7(12)13)2-1-3-4(5(3)8)6(10)11/h3-5H,1-2,9H2,(H,10,11)(H,12,13)/t3?,4?,5-,8-/m0/s1. The van der Waals surface area contributed by atoms with Gasteiger partial charge in [0, 0.05) is 5.92 Å². The summed E-state index contributed by atoms with van der Waals surface area (Å²) in [6, 6.07) is 0.